The predicted molar refractivity (Wildman–Crippen MR) is 67.6 cm³/mol. The minimum Gasteiger partial charge on any atom is -0.271 e. The van der Waals surface area contributed by atoms with E-state index in [1.165, 1.54) is 37.8 Å². The number of nitrogens with two attached hydrogens (primary N) is 1. The topological polar surface area (TPSA) is 38.0 Å². The fraction of sp³-hybridized carbons (Fsp3) is 0.571. The molecule has 1 aromatic rings. The first-order chi connectivity index (χ1) is 8.69. The number of nitrogens with one attached hydrogen (secondary N) is 1. The van der Waals surface area contributed by atoms with Crippen molar-refractivity contribution in [3.05, 3.63) is 35.4 Å². The van der Waals surface area contributed by atoms with Gasteiger partial charge < -0.3 is 0 Å². The molecular formula is C14H20F2N2. The van der Waals surface area contributed by atoms with E-state index >= 15 is 0 Å². The van der Waals surface area contributed by atoms with Crippen molar-refractivity contribution in [2.45, 2.75) is 44.6 Å². The van der Waals surface area contributed by atoms with Gasteiger partial charge in [0, 0.05) is 12.1 Å². The molecule has 0 radical (unpaired) electrons. The Labute approximate surface area is 107 Å². The van der Waals surface area contributed by atoms with Crippen molar-refractivity contribution in [2.75, 3.05) is 0 Å². The summed E-state index contributed by atoms with van der Waals surface area (Å²) in [6.07, 6.45) is 7.04. The normalized spacial score (nSPS) is 18.2. The van der Waals surface area contributed by atoms with Crippen LogP contribution in [0.3, 0.4) is 0 Å². The second-order valence-electron chi connectivity index (χ2n) is 5.15. The van der Waals surface area contributed by atoms with Crippen LogP contribution in [0.5, 0.6) is 0 Å². The highest BCUT2D eigenvalue weighted by Crippen LogP contribution is 2.31. The van der Waals surface area contributed by atoms with Gasteiger partial charge in [-0.25, -0.2) is 8.78 Å². The Balaban J connectivity index is 1.98. The maximum Gasteiger partial charge on any atom is 0.126 e. The van der Waals surface area contributed by atoms with Crippen LogP contribution in [-0.2, 0) is 0 Å². The summed E-state index contributed by atoms with van der Waals surface area (Å²) in [5, 5.41) is 0. The second kappa shape index (κ2) is 6.25. The van der Waals surface area contributed by atoms with E-state index in [0.717, 1.165) is 24.8 Å². The molecule has 1 saturated carbocycles. The minimum absolute atomic E-state index is 0.171. The van der Waals surface area contributed by atoms with Gasteiger partial charge in [0.15, 0.2) is 0 Å². The molecule has 4 heteroatoms. The monoisotopic (exact) mass is 254 g/mol. The van der Waals surface area contributed by atoms with Gasteiger partial charge in [-0.2, -0.15) is 0 Å². The van der Waals surface area contributed by atoms with Crippen molar-refractivity contribution in [1.29, 1.82) is 0 Å². The summed E-state index contributed by atoms with van der Waals surface area (Å²) in [6.45, 7) is 0. The maximum atomic E-state index is 13.2. The van der Waals surface area contributed by atoms with E-state index in [2.05, 4.69) is 5.43 Å². The number of rotatable bonds is 5. The van der Waals surface area contributed by atoms with Crippen LogP contribution in [0.15, 0.2) is 18.2 Å². The lowest BCUT2D eigenvalue weighted by Crippen LogP contribution is -2.28. The molecule has 0 aromatic heterocycles. The van der Waals surface area contributed by atoms with E-state index < -0.39 is 11.6 Å². The van der Waals surface area contributed by atoms with Gasteiger partial charge in [-0.3, -0.25) is 11.3 Å². The molecule has 0 aliphatic heterocycles. The van der Waals surface area contributed by atoms with Gasteiger partial charge in [-0.1, -0.05) is 25.7 Å². The Kier molecular flexibility index (Phi) is 4.66. The van der Waals surface area contributed by atoms with Gasteiger partial charge in [0.2, 0.25) is 0 Å². The first-order valence-electron chi connectivity index (χ1n) is 6.61. The van der Waals surface area contributed by atoms with Gasteiger partial charge >= 0.3 is 0 Å². The molecule has 1 unspecified atom stereocenters. The molecule has 0 heterocycles. The average Bonchev–Trinajstić information content (AvgIpc) is 2.81. The van der Waals surface area contributed by atoms with E-state index in [9.17, 15) is 8.78 Å². The quantitative estimate of drug-likeness (QED) is 0.624. The van der Waals surface area contributed by atoms with Gasteiger partial charge in [0.1, 0.15) is 11.6 Å². The molecule has 2 rings (SSSR count). The summed E-state index contributed by atoms with van der Waals surface area (Å²) in [4.78, 5) is 0. The molecule has 1 aromatic carbocycles. The van der Waals surface area contributed by atoms with E-state index in [4.69, 9.17) is 5.84 Å². The van der Waals surface area contributed by atoms with Crippen molar-refractivity contribution in [3.63, 3.8) is 0 Å². The largest absolute Gasteiger partial charge is 0.271 e. The fourth-order valence-electron chi connectivity index (χ4n) is 2.82. The van der Waals surface area contributed by atoms with Gasteiger partial charge in [-0.15, -0.1) is 0 Å². The zero-order valence-corrected chi connectivity index (χ0v) is 10.5. The zero-order valence-electron chi connectivity index (χ0n) is 10.5. The van der Waals surface area contributed by atoms with E-state index in [1.807, 2.05) is 0 Å². The number of benzene rings is 1. The Hall–Kier alpha value is -1.00. The molecule has 0 bridgehead atoms. The third-order valence-electron chi connectivity index (χ3n) is 3.83. The van der Waals surface area contributed by atoms with Gasteiger partial charge in [0.25, 0.3) is 0 Å². The third-order valence-corrected chi connectivity index (χ3v) is 3.83. The lowest BCUT2D eigenvalue weighted by atomic mass is 9.95. The lowest BCUT2D eigenvalue weighted by molar-refractivity contribution is 0.414. The smallest absolute Gasteiger partial charge is 0.126 e. The second-order valence-corrected chi connectivity index (χ2v) is 5.15. The molecule has 2 nitrogen and oxygen atoms in total. The van der Waals surface area contributed by atoms with Crippen LogP contribution < -0.4 is 11.3 Å². The maximum absolute atomic E-state index is 13.2. The zero-order chi connectivity index (χ0) is 13.0. The Bertz CT molecular complexity index is 369. The molecule has 1 aliphatic rings. The molecule has 3 N–H and O–H groups in total. The lowest BCUT2D eigenvalue weighted by Gasteiger charge is -2.18. The summed E-state index contributed by atoms with van der Waals surface area (Å²) in [7, 11) is 0. The van der Waals surface area contributed by atoms with Crippen LogP contribution in [0.4, 0.5) is 8.78 Å². The standard InChI is InChI=1S/C14H20F2N2/c15-12-7-11(8-13(16)9-12)14(18-17)6-5-10-3-1-2-4-10/h7-10,14,18H,1-6,17H2. The Morgan fingerprint density at radius 2 is 1.78 bits per heavy atom. The van der Waals surface area contributed by atoms with E-state index in [1.54, 1.807) is 0 Å². The van der Waals surface area contributed by atoms with Crippen LogP contribution in [0, 0.1) is 17.6 Å². The molecule has 0 amide bonds. The Morgan fingerprint density at radius 1 is 1.17 bits per heavy atom. The minimum atomic E-state index is -0.550. The van der Waals surface area contributed by atoms with Crippen LogP contribution in [0.1, 0.15) is 50.1 Å². The highest BCUT2D eigenvalue weighted by Gasteiger charge is 2.18. The Morgan fingerprint density at radius 3 is 2.33 bits per heavy atom. The van der Waals surface area contributed by atoms with Gasteiger partial charge in [0.05, 0.1) is 0 Å². The summed E-state index contributed by atoms with van der Waals surface area (Å²) in [5.41, 5.74) is 3.25. The number of hydrogen-bond donors (Lipinski definition) is 2. The van der Waals surface area contributed by atoms with Crippen molar-refractivity contribution in [1.82, 2.24) is 5.43 Å². The van der Waals surface area contributed by atoms with Crippen LogP contribution in [0.2, 0.25) is 0 Å². The summed E-state index contributed by atoms with van der Waals surface area (Å²) in [5.74, 6) is 5.14. The van der Waals surface area contributed by atoms with E-state index in [0.29, 0.717) is 5.56 Å². The molecule has 0 spiro atoms. The fourth-order valence-corrected chi connectivity index (χ4v) is 2.82. The molecule has 1 aliphatic carbocycles. The van der Waals surface area contributed by atoms with Crippen molar-refractivity contribution in [2.24, 2.45) is 11.8 Å². The van der Waals surface area contributed by atoms with Gasteiger partial charge in [-0.05, 0) is 36.5 Å². The van der Waals surface area contributed by atoms with E-state index in [-0.39, 0.29) is 6.04 Å². The molecular weight excluding hydrogens is 234 g/mol. The highest BCUT2D eigenvalue weighted by molar-refractivity contribution is 5.21. The van der Waals surface area contributed by atoms with Crippen molar-refractivity contribution < 1.29 is 8.78 Å². The third kappa shape index (κ3) is 3.50. The molecule has 18 heavy (non-hydrogen) atoms. The van der Waals surface area contributed by atoms with Crippen LogP contribution >= 0.6 is 0 Å². The molecule has 100 valence electrons. The van der Waals surface area contributed by atoms with Crippen LogP contribution in [-0.4, -0.2) is 0 Å². The summed E-state index contributed by atoms with van der Waals surface area (Å²) < 4.78 is 26.3. The summed E-state index contributed by atoms with van der Waals surface area (Å²) in [6, 6.07) is 3.41. The summed E-state index contributed by atoms with van der Waals surface area (Å²) >= 11 is 0. The molecule has 0 saturated heterocycles. The number of halogens is 2. The molecule has 1 fully saturated rings. The predicted octanol–water partition coefficient (Wildman–Crippen LogP) is 3.44. The van der Waals surface area contributed by atoms with Crippen molar-refractivity contribution >= 4 is 0 Å². The van der Waals surface area contributed by atoms with Crippen LogP contribution in [0.25, 0.3) is 0 Å². The first-order valence-corrected chi connectivity index (χ1v) is 6.61. The number of hydrazine groups is 1. The molecule has 1 atom stereocenters. The highest BCUT2D eigenvalue weighted by atomic mass is 19.1. The number of hydrogen-bond acceptors (Lipinski definition) is 2. The first kappa shape index (κ1) is 13.4. The van der Waals surface area contributed by atoms with Crippen molar-refractivity contribution in [3.8, 4) is 0 Å². The SMILES string of the molecule is NNC(CCC1CCCC1)c1cc(F)cc(F)c1. The average molecular weight is 254 g/mol.